The maximum atomic E-state index is 5.93. The molecule has 0 fully saturated rings. The summed E-state index contributed by atoms with van der Waals surface area (Å²) >= 11 is 0.354. The van der Waals surface area contributed by atoms with Crippen LogP contribution in [0.1, 0.15) is 18.1 Å². The molecule has 2 aromatic carbocycles. The summed E-state index contributed by atoms with van der Waals surface area (Å²) in [6, 6.07) is 18.6. The summed E-state index contributed by atoms with van der Waals surface area (Å²) in [5, 5.41) is 0.983. The number of hydrogen-bond acceptors (Lipinski definition) is 3. The van der Waals surface area contributed by atoms with Gasteiger partial charge in [-0.05, 0) is 0 Å². The number of benzene rings is 2. The summed E-state index contributed by atoms with van der Waals surface area (Å²) < 4.78 is 18.2. The van der Waals surface area contributed by atoms with Gasteiger partial charge in [0.1, 0.15) is 0 Å². The first-order chi connectivity index (χ1) is 12.3. The number of ether oxygens (including phenoxy) is 2. The van der Waals surface area contributed by atoms with Crippen molar-refractivity contribution in [1.29, 1.82) is 0 Å². The normalized spacial score (nSPS) is 10.8. The molecule has 0 unspecified atom stereocenters. The van der Waals surface area contributed by atoms with Crippen molar-refractivity contribution in [2.24, 2.45) is 0 Å². The second-order valence-electron chi connectivity index (χ2n) is 5.54. The fourth-order valence-corrected chi connectivity index (χ4v) is 4.62. The van der Waals surface area contributed by atoms with Crippen molar-refractivity contribution in [2.75, 3.05) is 13.7 Å². The Morgan fingerprint density at radius 2 is 1.76 bits per heavy atom. The van der Waals surface area contributed by atoms with Crippen LogP contribution in [0.3, 0.4) is 0 Å². The van der Waals surface area contributed by atoms with Crippen molar-refractivity contribution in [3.05, 3.63) is 72.0 Å². The van der Waals surface area contributed by atoms with E-state index in [9.17, 15) is 0 Å². The first kappa shape index (κ1) is 17.8. The molecule has 3 aromatic rings. The van der Waals surface area contributed by atoms with Crippen LogP contribution in [0.25, 0.3) is 11.3 Å². The maximum absolute atomic E-state index is 5.93. The van der Waals surface area contributed by atoms with E-state index in [0.29, 0.717) is 28.2 Å². The zero-order chi connectivity index (χ0) is 17.5. The molecule has 0 saturated carbocycles. The van der Waals surface area contributed by atoms with Gasteiger partial charge >= 0.3 is 155 Å². The van der Waals surface area contributed by atoms with E-state index in [2.05, 4.69) is 30.3 Å². The Labute approximate surface area is 155 Å². The third-order valence-corrected chi connectivity index (χ3v) is 6.10. The molecule has 0 aliphatic rings. The Hall–Kier alpha value is -2.00. The summed E-state index contributed by atoms with van der Waals surface area (Å²) in [7, 11) is 1.68. The third-order valence-electron chi connectivity index (χ3n) is 3.92. The average molecular weight is 401 g/mol. The Morgan fingerprint density at radius 3 is 2.44 bits per heavy atom. The van der Waals surface area contributed by atoms with Gasteiger partial charge in [-0.3, -0.25) is 0 Å². The number of rotatable bonds is 8. The van der Waals surface area contributed by atoms with E-state index >= 15 is 0 Å². The van der Waals surface area contributed by atoms with Crippen molar-refractivity contribution in [3.63, 3.8) is 0 Å². The third kappa shape index (κ3) is 4.55. The number of hydrogen-bond donors (Lipinski definition) is 0. The molecule has 0 atom stereocenters. The molecule has 0 aliphatic heterocycles. The summed E-state index contributed by atoms with van der Waals surface area (Å²) in [4.78, 5) is 0. The van der Waals surface area contributed by atoms with E-state index in [1.807, 2.05) is 37.5 Å². The van der Waals surface area contributed by atoms with Crippen molar-refractivity contribution in [2.45, 2.75) is 18.8 Å². The SMILES string of the molecule is CCOCc1coc(-c2ccc(OC)cc2)c1C[Se]c1ccccc1. The summed E-state index contributed by atoms with van der Waals surface area (Å²) in [6.45, 7) is 3.31. The van der Waals surface area contributed by atoms with E-state index in [-0.39, 0.29) is 0 Å². The molecule has 1 heterocycles. The van der Waals surface area contributed by atoms with Gasteiger partial charge < -0.3 is 0 Å². The van der Waals surface area contributed by atoms with Gasteiger partial charge in [-0.15, -0.1) is 0 Å². The molecule has 3 rings (SSSR count). The monoisotopic (exact) mass is 402 g/mol. The standard InChI is InChI=1S/C21H22O3Se/c1-3-23-13-17-14-24-21(16-9-11-18(22-2)12-10-16)20(17)15-25-19-7-5-4-6-8-19/h4-12,14H,3,13,15H2,1-2H3. The Bertz CT molecular complexity index is 779. The van der Waals surface area contributed by atoms with E-state index < -0.39 is 0 Å². The van der Waals surface area contributed by atoms with Crippen LogP contribution in [-0.2, 0) is 16.7 Å². The van der Waals surface area contributed by atoms with Crippen LogP contribution < -0.4 is 9.20 Å². The van der Waals surface area contributed by atoms with Crippen molar-refractivity contribution < 1.29 is 13.9 Å². The summed E-state index contributed by atoms with van der Waals surface area (Å²) in [5.74, 6) is 1.79. The van der Waals surface area contributed by atoms with Crippen LogP contribution in [0.2, 0.25) is 0 Å². The van der Waals surface area contributed by atoms with E-state index in [1.54, 1.807) is 7.11 Å². The van der Waals surface area contributed by atoms with Gasteiger partial charge in [0.25, 0.3) is 0 Å². The zero-order valence-corrected chi connectivity index (χ0v) is 16.2. The fraction of sp³-hybridized carbons (Fsp3) is 0.238. The Morgan fingerprint density at radius 1 is 1.00 bits per heavy atom. The second kappa shape index (κ2) is 8.91. The summed E-state index contributed by atoms with van der Waals surface area (Å²) in [6.07, 6.45) is 1.84. The van der Waals surface area contributed by atoms with Gasteiger partial charge in [0, 0.05) is 0 Å². The van der Waals surface area contributed by atoms with Gasteiger partial charge in [0.15, 0.2) is 0 Å². The first-order valence-corrected chi connectivity index (χ1v) is 10.4. The Kier molecular flexibility index (Phi) is 6.35. The molecule has 130 valence electrons. The molecule has 0 aliphatic carbocycles. The van der Waals surface area contributed by atoms with Crippen LogP contribution >= 0.6 is 0 Å². The predicted molar refractivity (Wildman–Crippen MR) is 102 cm³/mol. The van der Waals surface area contributed by atoms with Crippen molar-refractivity contribution >= 4 is 19.4 Å². The Balaban J connectivity index is 1.87. The molecule has 3 nitrogen and oxygen atoms in total. The number of furan rings is 1. The molecular weight excluding hydrogens is 379 g/mol. The predicted octanol–water partition coefficient (Wildman–Crippen LogP) is 4.02. The van der Waals surface area contributed by atoms with Gasteiger partial charge in [-0.25, -0.2) is 0 Å². The van der Waals surface area contributed by atoms with Gasteiger partial charge in [-0.1, -0.05) is 0 Å². The molecule has 0 bridgehead atoms. The topological polar surface area (TPSA) is 31.6 Å². The number of methoxy groups -OCH3 is 1. The van der Waals surface area contributed by atoms with E-state index in [1.165, 1.54) is 10.0 Å². The summed E-state index contributed by atoms with van der Waals surface area (Å²) in [5.41, 5.74) is 3.47. The molecule has 0 spiro atoms. The minimum atomic E-state index is 0.354. The van der Waals surface area contributed by atoms with Gasteiger partial charge in [0.05, 0.1) is 0 Å². The molecule has 1 aromatic heterocycles. The van der Waals surface area contributed by atoms with Crippen LogP contribution in [0.15, 0.2) is 65.3 Å². The van der Waals surface area contributed by atoms with Gasteiger partial charge in [0.2, 0.25) is 0 Å². The molecular formula is C21H22O3Se. The van der Waals surface area contributed by atoms with Crippen LogP contribution in [0.5, 0.6) is 5.75 Å². The first-order valence-electron chi connectivity index (χ1n) is 8.31. The molecule has 25 heavy (non-hydrogen) atoms. The molecule has 0 N–H and O–H groups in total. The van der Waals surface area contributed by atoms with Crippen molar-refractivity contribution in [1.82, 2.24) is 0 Å². The second-order valence-corrected chi connectivity index (χ2v) is 7.74. The van der Waals surface area contributed by atoms with Crippen LogP contribution in [0.4, 0.5) is 0 Å². The van der Waals surface area contributed by atoms with Crippen LogP contribution in [-0.4, -0.2) is 28.7 Å². The zero-order valence-electron chi connectivity index (χ0n) is 14.5. The van der Waals surface area contributed by atoms with Gasteiger partial charge in [-0.2, -0.15) is 0 Å². The van der Waals surface area contributed by atoms with Crippen molar-refractivity contribution in [3.8, 4) is 17.1 Å². The average Bonchev–Trinajstić information content (AvgIpc) is 3.08. The molecule has 0 radical (unpaired) electrons. The quantitative estimate of drug-likeness (QED) is 0.535. The van der Waals surface area contributed by atoms with E-state index in [0.717, 1.165) is 28.0 Å². The van der Waals surface area contributed by atoms with Crippen LogP contribution in [0, 0.1) is 0 Å². The molecule has 4 heteroatoms. The molecule has 0 saturated heterocycles. The molecule has 0 amide bonds. The minimum absolute atomic E-state index is 0.354. The fourth-order valence-electron chi connectivity index (χ4n) is 2.57. The van der Waals surface area contributed by atoms with E-state index in [4.69, 9.17) is 13.9 Å².